The van der Waals surface area contributed by atoms with E-state index in [1.54, 1.807) is 12.1 Å². The van der Waals surface area contributed by atoms with Gasteiger partial charge in [0.05, 0.1) is 34.7 Å². The molecule has 3 aromatic rings. The first-order valence-electron chi connectivity index (χ1n) is 12.2. The number of aryl methyl sites for hydroxylation is 1. The molecule has 0 bridgehead atoms. The molecule has 2 unspecified atom stereocenters. The van der Waals surface area contributed by atoms with Crippen LogP contribution in [0.2, 0.25) is 0 Å². The number of pyridine rings is 2. The molecule has 3 amide bonds. The minimum Gasteiger partial charge on any atom is -0.324 e. The number of thiophene rings is 1. The molecule has 198 valence electrons. The largest absolute Gasteiger partial charge is 0.433 e. The summed E-state index contributed by atoms with van der Waals surface area (Å²) in [6.45, 7) is 6.38. The van der Waals surface area contributed by atoms with Gasteiger partial charge in [-0.2, -0.15) is 13.2 Å². The van der Waals surface area contributed by atoms with E-state index in [2.05, 4.69) is 20.6 Å². The van der Waals surface area contributed by atoms with Crippen LogP contribution in [0.15, 0.2) is 24.4 Å². The second-order valence-corrected chi connectivity index (χ2v) is 11.9. The van der Waals surface area contributed by atoms with E-state index in [4.69, 9.17) is 0 Å². The molecule has 38 heavy (non-hydrogen) atoms. The average molecular weight is 544 g/mol. The molecule has 3 aromatic heterocycles. The molecule has 5 heterocycles. The van der Waals surface area contributed by atoms with Crippen molar-refractivity contribution in [2.45, 2.75) is 33.5 Å². The van der Waals surface area contributed by atoms with E-state index >= 15 is 0 Å². The highest BCUT2D eigenvalue weighted by atomic mass is 32.1. The van der Waals surface area contributed by atoms with E-state index in [1.807, 2.05) is 13.8 Å². The van der Waals surface area contributed by atoms with Gasteiger partial charge in [-0.1, -0.05) is 13.8 Å². The van der Waals surface area contributed by atoms with Crippen molar-refractivity contribution in [3.8, 4) is 11.4 Å². The first-order valence-corrected chi connectivity index (χ1v) is 13.0. The third-order valence-corrected chi connectivity index (χ3v) is 8.96. The first-order chi connectivity index (χ1) is 17.9. The quantitative estimate of drug-likeness (QED) is 0.472. The summed E-state index contributed by atoms with van der Waals surface area (Å²) in [4.78, 5) is 48.6. The number of likely N-dealkylation sites (tertiary alicyclic amines) is 1. The van der Waals surface area contributed by atoms with Gasteiger partial charge >= 0.3 is 6.18 Å². The van der Waals surface area contributed by atoms with Gasteiger partial charge in [-0.25, -0.2) is 4.98 Å². The zero-order valence-electron chi connectivity index (χ0n) is 20.8. The van der Waals surface area contributed by atoms with Gasteiger partial charge in [0, 0.05) is 24.2 Å². The Labute approximate surface area is 219 Å². The number of anilines is 1. The molecular formula is C26H24F3N5O3S. The number of imide groups is 1. The van der Waals surface area contributed by atoms with Crippen LogP contribution < -0.4 is 10.6 Å². The molecule has 0 radical (unpaired) electrons. The minimum atomic E-state index is -4.69. The maximum atomic E-state index is 13.7. The molecule has 0 aromatic carbocycles. The van der Waals surface area contributed by atoms with Crippen LogP contribution in [0.5, 0.6) is 0 Å². The van der Waals surface area contributed by atoms with Crippen molar-refractivity contribution in [1.82, 2.24) is 20.2 Å². The molecule has 8 nitrogen and oxygen atoms in total. The highest BCUT2D eigenvalue weighted by molar-refractivity contribution is 7.19. The van der Waals surface area contributed by atoms with Crippen LogP contribution in [0.3, 0.4) is 0 Å². The highest BCUT2D eigenvalue weighted by Crippen LogP contribution is 2.63. The van der Waals surface area contributed by atoms with Gasteiger partial charge in [-0.3, -0.25) is 24.3 Å². The summed E-state index contributed by atoms with van der Waals surface area (Å²) >= 11 is 1.24. The lowest BCUT2D eigenvalue weighted by molar-refractivity contribution is -0.144. The average Bonchev–Trinajstić information content (AvgIpc) is 3.05. The summed E-state index contributed by atoms with van der Waals surface area (Å²) < 4.78 is 41.7. The number of nitrogens with one attached hydrogen (secondary N) is 2. The van der Waals surface area contributed by atoms with Gasteiger partial charge < -0.3 is 10.6 Å². The topological polar surface area (TPSA) is 104 Å². The maximum absolute atomic E-state index is 13.7. The molecule has 2 aliphatic heterocycles. The monoisotopic (exact) mass is 543 g/mol. The zero-order chi connectivity index (χ0) is 27.1. The first kappa shape index (κ1) is 24.9. The van der Waals surface area contributed by atoms with Crippen molar-refractivity contribution in [3.05, 3.63) is 40.5 Å². The number of aromatic nitrogens is 2. The smallest absolute Gasteiger partial charge is 0.324 e. The van der Waals surface area contributed by atoms with Gasteiger partial charge in [-0.15, -0.1) is 11.3 Å². The molecule has 1 aliphatic carbocycles. The molecule has 2 saturated heterocycles. The standard InChI is InChI=1S/C26H24F3N5O3S/c1-11-6-15(26(27,28)29)32-19(18(11)33-22(35)13-8-30-9-13)20-21-12(4-5-31-20)7-14(38-21)10-34-23(36)16-17(24(34)37)25(16,2)3/h4-7,13,16-17,30H,8-10H2,1-3H3,(H,33,35). The summed E-state index contributed by atoms with van der Waals surface area (Å²) in [6, 6.07) is 4.43. The van der Waals surface area contributed by atoms with Crippen molar-refractivity contribution in [3.63, 3.8) is 0 Å². The third kappa shape index (κ3) is 3.80. The molecule has 2 atom stereocenters. The number of carbonyl (C=O) groups excluding carboxylic acids is 3. The lowest BCUT2D eigenvalue weighted by Crippen LogP contribution is -2.48. The van der Waals surface area contributed by atoms with E-state index < -0.39 is 11.9 Å². The van der Waals surface area contributed by atoms with Gasteiger partial charge in [0.2, 0.25) is 17.7 Å². The SMILES string of the molecule is Cc1cc(C(F)(F)F)nc(-c2nccc3cc(CN4C(=O)C5C(C4=O)C5(C)C)sc23)c1NC(=O)C1CNC1. The Bertz CT molecular complexity index is 1500. The summed E-state index contributed by atoms with van der Waals surface area (Å²) in [7, 11) is 0. The number of nitrogens with zero attached hydrogens (tertiary/aromatic N) is 3. The van der Waals surface area contributed by atoms with E-state index in [0.717, 1.165) is 6.07 Å². The second kappa shape index (κ2) is 8.31. The van der Waals surface area contributed by atoms with E-state index in [-0.39, 0.29) is 70.1 Å². The summed E-state index contributed by atoms with van der Waals surface area (Å²) in [6.07, 6.45) is -3.23. The fraction of sp³-hybridized carbons (Fsp3) is 0.423. The Hall–Kier alpha value is -3.38. The van der Waals surface area contributed by atoms with E-state index in [1.165, 1.54) is 29.4 Å². The molecular weight excluding hydrogens is 519 g/mol. The number of alkyl halides is 3. The molecule has 12 heteroatoms. The normalized spacial score (nSPS) is 22.5. The number of amides is 3. The van der Waals surface area contributed by atoms with Crippen LogP contribution in [-0.2, 0) is 27.1 Å². The van der Waals surface area contributed by atoms with Gasteiger partial charge in [0.25, 0.3) is 0 Å². The maximum Gasteiger partial charge on any atom is 0.433 e. The molecule has 2 N–H and O–H groups in total. The van der Waals surface area contributed by atoms with Crippen LogP contribution in [0, 0.1) is 30.1 Å². The lowest BCUT2D eigenvalue weighted by Gasteiger charge is -2.26. The Morgan fingerprint density at radius 2 is 1.87 bits per heavy atom. The van der Waals surface area contributed by atoms with Gasteiger partial charge in [-0.05, 0) is 41.5 Å². The minimum absolute atomic E-state index is 0.0757. The fourth-order valence-electron chi connectivity index (χ4n) is 5.43. The third-order valence-electron chi connectivity index (χ3n) is 7.82. The molecule has 1 saturated carbocycles. The summed E-state index contributed by atoms with van der Waals surface area (Å²) in [5, 5.41) is 6.47. The highest BCUT2D eigenvalue weighted by Gasteiger charge is 2.72. The van der Waals surface area contributed by atoms with Crippen LogP contribution in [0.1, 0.15) is 30.0 Å². The Morgan fingerprint density at radius 1 is 1.18 bits per heavy atom. The van der Waals surface area contributed by atoms with Gasteiger partial charge in [0.15, 0.2) is 0 Å². The predicted octanol–water partition coefficient (Wildman–Crippen LogP) is 3.98. The predicted molar refractivity (Wildman–Crippen MR) is 134 cm³/mol. The number of halogens is 3. The number of hydrogen-bond donors (Lipinski definition) is 2. The van der Waals surface area contributed by atoms with Gasteiger partial charge in [0.1, 0.15) is 17.1 Å². The number of rotatable bonds is 5. The van der Waals surface area contributed by atoms with Crippen molar-refractivity contribution in [1.29, 1.82) is 0 Å². The van der Waals surface area contributed by atoms with E-state index in [0.29, 0.717) is 28.1 Å². The van der Waals surface area contributed by atoms with Crippen molar-refractivity contribution >= 4 is 44.8 Å². The van der Waals surface area contributed by atoms with E-state index in [9.17, 15) is 27.6 Å². The second-order valence-electron chi connectivity index (χ2n) is 10.7. The molecule has 6 rings (SSSR count). The van der Waals surface area contributed by atoms with Crippen LogP contribution in [0.25, 0.3) is 21.5 Å². The molecule has 0 spiro atoms. The van der Waals surface area contributed by atoms with Crippen molar-refractivity contribution < 1.29 is 27.6 Å². The molecule has 3 aliphatic rings. The Balaban J connectivity index is 1.40. The van der Waals surface area contributed by atoms with Crippen molar-refractivity contribution in [2.75, 3.05) is 18.4 Å². The number of piperidine rings is 1. The lowest BCUT2D eigenvalue weighted by atomic mass is 10.0. The zero-order valence-corrected chi connectivity index (χ0v) is 21.6. The Morgan fingerprint density at radius 3 is 2.47 bits per heavy atom. The van der Waals surface area contributed by atoms with Crippen LogP contribution >= 0.6 is 11.3 Å². The number of fused-ring (bicyclic) bond motifs is 2. The number of hydrogen-bond acceptors (Lipinski definition) is 7. The summed E-state index contributed by atoms with van der Waals surface area (Å²) in [5.74, 6) is -1.56. The Kier molecular flexibility index (Phi) is 5.45. The number of carbonyl (C=O) groups is 3. The fourth-order valence-corrected chi connectivity index (χ4v) is 6.56. The van der Waals surface area contributed by atoms with Crippen LogP contribution in [-0.4, -0.2) is 45.7 Å². The molecule has 3 fully saturated rings. The van der Waals surface area contributed by atoms with Crippen LogP contribution in [0.4, 0.5) is 18.9 Å². The van der Waals surface area contributed by atoms with Crippen molar-refractivity contribution in [2.24, 2.45) is 23.2 Å². The summed E-state index contributed by atoms with van der Waals surface area (Å²) in [5.41, 5.74) is -0.887.